The molecule has 0 atom stereocenters. The van der Waals surface area contributed by atoms with E-state index in [0.717, 1.165) is 10.4 Å². The maximum Gasteiger partial charge on any atom is 0.341 e. The van der Waals surface area contributed by atoms with Gasteiger partial charge in [-0.1, -0.05) is 30.3 Å². The third kappa shape index (κ3) is 3.42. The zero-order chi connectivity index (χ0) is 15.2. The number of ether oxygens (including phenoxy) is 1. The maximum atomic E-state index is 10.6. The predicted molar refractivity (Wildman–Crippen MR) is 78.0 cm³/mol. The van der Waals surface area contributed by atoms with Crippen LogP contribution in [0.2, 0.25) is 0 Å². The van der Waals surface area contributed by atoms with Crippen LogP contribution in [0.1, 0.15) is 4.88 Å². The standard InChI is InChI=1S/C13H12N4O3S/c14-16-13(17-15)12-9(20-7-11(18)19)6-10(21-12)8-4-2-1-3-5-8/h1-6,14H,7,15H2,(H,18,19)/p+1/b16-14?,17-13-. The van der Waals surface area contributed by atoms with Crippen LogP contribution in [0.25, 0.3) is 10.4 Å². The van der Waals surface area contributed by atoms with Gasteiger partial charge in [0.1, 0.15) is 10.6 Å². The Kier molecular flexibility index (Phi) is 4.62. The number of carboxylic acids is 1. The lowest BCUT2D eigenvalue weighted by molar-refractivity contribution is -0.206. The Bertz CT molecular complexity index is 682. The highest BCUT2D eigenvalue weighted by Gasteiger charge is 2.19. The molecule has 0 amide bonds. The molecule has 0 aliphatic heterocycles. The molecule has 1 aromatic carbocycles. The summed E-state index contributed by atoms with van der Waals surface area (Å²) in [4.78, 5) is 12.0. The van der Waals surface area contributed by atoms with Crippen molar-refractivity contribution in [3.05, 3.63) is 41.3 Å². The average Bonchev–Trinajstić information content (AvgIpc) is 2.92. The number of nitrogens with zero attached hydrogens (tertiary/aromatic N) is 2. The van der Waals surface area contributed by atoms with Gasteiger partial charge in [-0.15, -0.1) is 11.3 Å². The lowest BCUT2D eigenvalue weighted by Gasteiger charge is -2.01. The smallest absolute Gasteiger partial charge is 0.341 e. The number of aliphatic carboxylic acids is 1. The Balaban J connectivity index is 2.44. The van der Waals surface area contributed by atoms with Crippen LogP contribution >= 0.6 is 11.3 Å². The number of amidine groups is 1. The van der Waals surface area contributed by atoms with Crippen molar-refractivity contribution in [2.45, 2.75) is 0 Å². The summed E-state index contributed by atoms with van der Waals surface area (Å²) >= 11 is 1.32. The first-order valence-electron chi connectivity index (χ1n) is 5.88. The lowest BCUT2D eigenvalue weighted by atomic mass is 10.2. The fourth-order valence-electron chi connectivity index (χ4n) is 1.67. The molecule has 2 aromatic rings. The van der Waals surface area contributed by atoms with Gasteiger partial charge in [0, 0.05) is 9.99 Å². The molecular formula is C13H13N4O3S+. The van der Waals surface area contributed by atoms with E-state index in [1.807, 2.05) is 30.3 Å². The summed E-state index contributed by atoms with van der Waals surface area (Å²) in [6, 6.07) is 11.3. The van der Waals surface area contributed by atoms with Gasteiger partial charge >= 0.3 is 5.97 Å². The number of thiophene rings is 1. The zero-order valence-electron chi connectivity index (χ0n) is 10.9. The number of hydrogen-bond donors (Lipinski definition) is 3. The van der Waals surface area contributed by atoms with Crippen molar-refractivity contribution in [2.75, 3.05) is 6.61 Å². The van der Waals surface area contributed by atoms with Crippen molar-refractivity contribution in [1.29, 1.82) is 0 Å². The first-order chi connectivity index (χ1) is 10.2. The Morgan fingerprint density at radius 2 is 2.10 bits per heavy atom. The van der Waals surface area contributed by atoms with Crippen LogP contribution in [0.15, 0.2) is 46.6 Å². The molecule has 5 N–H and O–H groups in total. The second-order valence-corrected chi connectivity index (χ2v) is 4.99. The molecule has 0 saturated carbocycles. The fraction of sp³-hybridized carbons (Fsp3) is 0.0769. The molecule has 0 unspecified atom stereocenters. The van der Waals surface area contributed by atoms with Crippen LogP contribution < -0.4 is 16.1 Å². The highest BCUT2D eigenvalue weighted by atomic mass is 32.1. The third-order valence-corrected chi connectivity index (χ3v) is 3.72. The van der Waals surface area contributed by atoms with Gasteiger partial charge < -0.3 is 15.7 Å². The Morgan fingerprint density at radius 3 is 2.67 bits per heavy atom. The summed E-state index contributed by atoms with van der Waals surface area (Å²) in [6.07, 6.45) is 0. The molecule has 21 heavy (non-hydrogen) atoms. The van der Waals surface area contributed by atoms with Crippen LogP contribution in [-0.2, 0) is 4.79 Å². The molecule has 7 nitrogen and oxygen atoms in total. The van der Waals surface area contributed by atoms with E-state index in [1.54, 1.807) is 6.07 Å². The second-order valence-electron chi connectivity index (χ2n) is 3.93. The van der Waals surface area contributed by atoms with Gasteiger partial charge in [-0.3, -0.25) is 0 Å². The Morgan fingerprint density at radius 1 is 1.38 bits per heavy atom. The molecule has 0 bridgehead atoms. The number of carbonyl (C=O) groups is 1. The van der Waals surface area contributed by atoms with Crippen molar-refractivity contribution < 1.29 is 20.2 Å². The lowest BCUT2D eigenvalue weighted by Crippen LogP contribution is -2.27. The van der Waals surface area contributed by atoms with Crippen LogP contribution in [-0.4, -0.2) is 23.5 Å². The number of hydrogen-bond acceptors (Lipinski definition) is 5. The Hall–Kier alpha value is -2.74. The second kappa shape index (κ2) is 6.62. The summed E-state index contributed by atoms with van der Waals surface area (Å²) in [5.74, 6) is 4.59. The monoisotopic (exact) mass is 305 g/mol. The normalized spacial score (nSPS) is 11.1. The van der Waals surface area contributed by atoms with Gasteiger partial charge in [0.15, 0.2) is 6.61 Å². The molecule has 108 valence electrons. The van der Waals surface area contributed by atoms with Crippen molar-refractivity contribution in [3.8, 4) is 16.2 Å². The van der Waals surface area contributed by atoms with E-state index in [0.29, 0.717) is 10.6 Å². The highest BCUT2D eigenvalue weighted by molar-refractivity contribution is 7.17. The third-order valence-electron chi connectivity index (χ3n) is 2.56. The molecule has 0 aliphatic rings. The predicted octanol–water partition coefficient (Wildman–Crippen LogP) is 0.710. The fourth-order valence-corrected chi connectivity index (χ4v) is 2.73. The molecule has 0 spiro atoms. The SMILES string of the molecule is N/N=C(\N=[NH2+])c1sc(-c2ccccc2)cc1OCC(=O)O. The molecule has 1 aromatic heterocycles. The topological polar surface area (TPSA) is 123 Å². The van der Waals surface area contributed by atoms with Crippen molar-refractivity contribution in [2.24, 2.45) is 16.1 Å². The minimum absolute atomic E-state index is 0.0996. The van der Waals surface area contributed by atoms with E-state index in [1.165, 1.54) is 11.3 Å². The molecule has 0 radical (unpaired) electrons. The van der Waals surface area contributed by atoms with Gasteiger partial charge in [0.25, 0.3) is 5.84 Å². The van der Waals surface area contributed by atoms with Crippen molar-refractivity contribution >= 4 is 23.1 Å². The number of carboxylic acid groups (broad SMARTS) is 1. The van der Waals surface area contributed by atoms with E-state index < -0.39 is 12.6 Å². The van der Waals surface area contributed by atoms with E-state index >= 15 is 0 Å². The number of benzene rings is 1. The van der Waals surface area contributed by atoms with Crippen LogP contribution in [0, 0.1) is 0 Å². The van der Waals surface area contributed by atoms with Crippen LogP contribution in [0.3, 0.4) is 0 Å². The highest BCUT2D eigenvalue weighted by Crippen LogP contribution is 2.36. The van der Waals surface area contributed by atoms with E-state index in [9.17, 15) is 4.79 Å². The van der Waals surface area contributed by atoms with Gasteiger partial charge in [-0.2, -0.15) is 10.6 Å². The first-order valence-corrected chi connectivity index (χ1v) is 6.70. The minimum Gasteiger partial charge on any atom is -0.480 e. The average molecular weight is 305 g/mol. The van der Waals surface area contributed by atoms with E-state index in [-0.39, 0.29) is 5.84 Å². The summed E-state index contributed by atoms with van der Waals surface area (Å²) in [7, 11) is 0. The maximum absolute atomic E-state index is 10.6. The van der Waals surface area contributed by atoms with E-state index in [4.69, 9.17) is 21.2 Å². The van der Waals surface area contributed by atoms with Crippen molar-refractivity contribution in [1.82, 2.24) is 0 Å². The molecule has 8 heteroatoms. The summed E-state index contributed by atoms with van der Waals surface area (Å²) in [5.41, 5.74) is 6.20. The first kappa shape index (κ1) is 14.7. The molecule has 1 heterocycles. The van der Waals surface area contributed by atoms with Gasteiger partial charge in [-0.25, -0.2) is 4.79 Å². The quantitative estimate of drug-likeness (QED) is 0.247. The molecule has 2 rings (SSSR count). The zero-order valence-corrected chi connectivity index (χ0v) is 11.7. The largest absolute Gasteiger partial charge is 0.480 e. The summed E-state index contributed by atoms with van der Waals surface area (Å²) in [5, 5.41) is 15.7. The molecular weight excluding hydrogens is 292 g/mol. The number of hydrazone groups is 1. The molecule has 0 fully saturated rings. The van der Waals surface area contributed by atoms with Crippen LogP contribution in [0.5, 0.6) is 5.75 Å². The Labute approximate surface area is 124 Å². The van der Waals surface area contributed by atoms with Crippen LogP contribution in [0.4, 0.5) is 0 Å². The van der Waals surface area contributed by atoms with Gasteiger partial charge in [0.2, 0.25) is 0 Å². The van der Waals surface area contributed by atoms with Gasteiger partial charge in [0.05, 0.1) is 0 Å². The van der Waals surface area contributed by atoms with E-state index in [2.05, 4.69) is 10.2 Å². The minimum atomic E-state index is -1.08. The molecule has 0 saturated heterocycles. The summed E-state index contributed by atoms with van der Waals surface area (Å²) < 4.78 is 5.24. The summed E-state index contributed by atoms with van der Waals surface area (Å²) in [6.45, 7) is -0.472. The van der Waals surface area contributed by atoms with Crippen molar-refractivity contribution in [3.63, 3.8) is 0 Å². The molecule has 0 aliphatic carbocycles. The number of nitrogens with two attached hydrogens (primary N) is 2. The van der Waals surface area contributed by atoms with Gasteiger partial charge in [-0.05, 0) is 11.6 Å². The number of rotatable bonds is 5.